The maximum absolute atomic E-state index is 5.59. The molecule has 0 radical (unpaired) electrons. The molecule has 1 aromatic rings. The minimum atomic E-state index is 0.141. The molecule has 19 heavy (non-hydrogen) atoms. The van der Waals surface area contributed by atoms with Crippen molar-refractivity contribution in [3.8, 4) is 5.88 Å². The first-order valence-corrected chi connectivity index (χ1v) is 7.42. The Balaban J connectivity index is 1.89. The first kappa shape index (κ1) is 14.1. The zero-order chi connectivity index (χ0) is 13.7. The van der Waals surface area contributed by atoms with Gasteiger partial charge in [0.1, 0.15) is 12.1 Å². The van der Waals surface area contributed by atoms with Crippen LogP contribution in [0.25, 0.3) is 0 Å². The molecule has 1 fully saturated rings. The fraction of sp³-hybridized carbons (Fsp3) is 0.733. The van der Waals surface area contributed by atoms with Crippen LogP contribution in [0.3, 0.4) is 0 Å². The molecule has 0 atom stereocenters. The molecule has 4 heteroatoms. The Morgan fingerprint density at radius 2 is 2.00 bits per heavy atom. The zero-order valence-electron chi connectivity index (χ0n) is 12.2. The Hall–Kier alpha value is -1.32. The molecule has 1 saturated carbocycles. The lowest BCUT2D eigenvalue weighted by atomic mass is 9.84. The van der Waals surface area contributed by atoms with Gasteiger partial charge < -0.3 is 10.1 Å². The quantitative estimate of drug-likeness (QED) is 0.881. The van der Waals surface area contributed by atoms with E-state index in [0.29, 0.717) is 11.9 Å². The van der Waals surface area contributed by atoms with Gasteiger partial charge in [0.15, 0.2) is 0 Å². The van der Waals surface area contributed by atoms with Crippen molar-refractivity contribution < 1.29 is 4.74 Å². The van der Waals surface area contributed by atoms with Gasteiger partial charge in [-0.1, -0.05) is 13.3 Å². The summed E-state index contributed by atoms with van der Waals surface area (Å²) in [5, 5.41) is 3.51. The number of hydrogen-bond donors (Lipinski definition) is 1. The van der Waals surface area contributed by atoms with Gasteiger partial charge in [-0.3, -0.25) is 0 Å². The highest BCUT2D eigenvalue weighted by molar-refractivity contribution is 5.38. The van der Waals surface area contributed by atoms with Crippen molar-refractivity contribution in [2.45, 2.75) is 65.0 Å². The molecule has 0 aromatic carbocycles. The Bertz CT molecular complexity index is 387. The third-order valence-corrected chi connectivity index (χ3v) is 3.77. The maximum atomic E-state index is 5.59. The minimum absolute atomic E-state index is 0.141. The SMILES string of the molecule is CCC1CCC(Nc2cc(OC(C)C)ncn2)CC1. The van der Waals surface area contributed by atoms with Crippen molar-refractivity contribution in [3.05, 3.63) is 12.4 Å². The van der Waals surface area contributed by atoms with E-state index in [9.17, 15) is 0 Å². The number of hydrogen-bond acceptors (Lipinski definition) is 4. The Morgan fingerprint density at radius 1 is 1.26 bits per heavy atom. The van der Waals surface area contributed by atoms with Crippen molar-refractivity contribution in [2.75, 3.05) is 5.32 Å². The second kappa shape index (κ2) is 6.73. The topological polar surface area (TPSA) is 47.0 Å². The fourth-order valence-corrected chi connectivity index (χ4v) is 2.65. The summed E-state index contributed by atoms with van der Waals surface area (Å²) in [7, 11) is 0. The van der Waals surface area contributed by atoms with Crippen LogP contribution in [0.5, 0.6) is 5.88 Å². The molecular formula is C15H25N3O. The number of ether oxygens (including phenoxy) is 1. The van der Waals surface area contributed by atoms with E-state index in [1.165, 1.54) is 32.1 Å². The van der Waals surface area contributed by atoms with Crippen molar-refractivity contribution >= 4 is 5.82 Å². The van der Waals surface area contributed by atoms with Gasteiger partial charge in [0.25, 0.3) is 0 Å². The first-order chi connectivity index (χ1) is 9.17. The van der Waals surface area contributed by atoms with E-state index in [1.54, 1.807) is 6.33 Å². The van der Waals surface area contributed by atoms with Crippen LogP contribution in [0.15, 0.2) is 12.4 Å². The van der Waals surface area contributed by atoms with Gasteiger partial charge in [-0.15, -0.1) is 0 Å². The molecule has 1 N–H and O–H groups in total. The highest BCUT2D eigenvalue weighted by Crippen LogP contribution is 2.28. The second-order valence-electron chi connectivity index (χ2n) is 5.68. The highest BCUT2D eigenvalue weighted by atomic mass is 16.5. The van der Waals surface area contributed by atoms with Crippen LogP contribution in [-0.4, -0.2) is 22.1 Å². The average molecular weight is 263 g/mol. The predicted octanol–water partition coefficient (Wildman–Crippen LogP) is 3.64. The predicted molar refractivity (Wildman–Crippen MR) is 77.5 cm³/mol. The molecule has 106 valence electrons. The minimum Gasteiger partial charge on any atom is -0.475 e. The molecule has 0 bridgehead atoms. The van der Waals surface area contributed by atoms with Gasteiger partial charge in [-0.2, -0.15) is 0 Å². The molecule has 0 unspecified atom stereocenters. The number of nitrogens with one attached hydrogen (secondary N) is 1. The van der Waals surface area contributed by atoms with Crippen LogP contribution < -0.4 is 10.1 Å². The summed E-state index contributed by atoms with van der Waals surface area (Å²) in [4.78, 5) is 8.40. The smallest absolute Gasteiger partial charge is 0.218 e. The average Bonchev–Trinajstić information content (AvgIpc) is 2.39. The number of nitrogens with zero attached hydrogens (tertiary/aromatic N) is 2. The maximum Gasteiger partial charge on any atom is 0.218 e. The van der Waals surface area contributed by atoms with Crippen LogP contribution in [-0.2, 0) is 0 Å². The standard InChI is InChI=1S/C15H25N3O/c1-4-12-5-7-13(8-6-12)18-14-9-15(17-10-16-14)19-11(2)3/h9-13H,4-8H2,1-3H3,(H,16,17,18). The molecule has 0 spiro atoms. The van der Waals surface area contributed by atoms with Gasteiger partial charge >= 0.3 is 0 Å². The Labute approximate surface area is 116 Å². The van der Waals surface area contributed by atoms with Crippen molar-refractivity contribution in [1.29, 1.82) is 0 Å². The summed E-state index contributed by atoms with van der Waals surface area (Å²) in [5.41, 5.74) is 0. The summed E-state index contributed by atoms with van der Waals surface area (Å²) in [6.07, 6.45) is 8.15. The van der Waals surface area contributed by atoms with Gasteiger partial charge in [0.2, 0.25) is 5.88 Å². The van der Waals surface area contributed by atoms with E-state index in [4.69, 9.17) is 4.74 Å². The molecule has 2 rings (SSSR count). The van der Waals surface area contributed by atoms with Crippen LogP contribution in [0.1, 0.15) is 52.9 Å². The normalized spacial score (nSPS) is 23.4. The second-order valence-corrected chi connectivity index (χ2v) is 5.68. The van der Waals surface area contributed by atoms with Crippen LogP contribution in [0.2, 0.25) is 0 Å². The van der Waals surface area contributed by atoms with Crippen molar-refractivity contribution in [1.82, 2.24) is 9.97 Å². The molecule has 1 aliphatic rings. The third kappa shape index (κ3) is 4.37. The molecular weight excluding hydrogens is 238 g/mol. The number of aromatic nitrogens is 2. The lowest BCUT2D eigenvalue weighted by Crippen LogP contribution is -2.26. The number of rotatable bonds is 5. The lowest BCUT2D eigenvalue weighted by Gasteiger charge is -2.28. The van der Waals surface area contributed by atoms with Gasteiger partial charge in [-0.05, 0) is 45.4 Å². The largest absolute Gasteiger partial charge is 0.475 e. The lowest BCUT2D eigenvalue weighted by molar-refractivity contribution is 0.232. The molecule has 0 amide bonds. The van der Waals surface area contributed by atoms with E-state index in [2.05, 4.69) is 22.2 Å². The molecule has 1 aliphatic carbocycles. The van der Waals surface area contributed by atoms with Gasteiger partial charge in [0, 0.05) is 12.1 Å². The summed E-state index contributed by atoms with van der Waals surface area (Å²) in [6.45, 7) is 6.29. The third-order valence-electron chi connectivity index (χ3n) is 3.77. The van der Waals surface area contributed by atoms with E-state index in [1.807, 2.05) is 19.9 Å². The Kier molecular flexibility index (Phi) is 5.00. The molecule has 4 nitrogen and oxygen atoms in total. The van der Waals surface area contributed by atoms with Crippen molar-refractivity contribution in [2.24, 2.45) is 5.92 Å². The van der Waals surface area contributed by atoms with E-state index in [-0.39, 0.29) is 6.10 Å². The molecule has 1 heterocycles. The van der Waals surface area contributed by atoms with Crippen molar-refractivity contribution in [3.63, 3.8) is 0 Å². The summed E-state index contributed by atoms with van der Waals surface area (Å²) in [5.74, 6) is 2.45. The highest BCUT2D eigenvalue weighted by Gasteiger charge is 2.20. The molecule has 0 saturated heterocycles. The zero-order valence-corrected chi connectivity index (χ0v) is 12.2. The Morgan fingerprint density at radius 3 is 2.63 bits per heavy atom. The fourth-order valence-electron chi connectivity index (χ4n) is 2.65. The van der Waals surface area contributed by atoms with Gasteiger partial charge in [-0.25, -0.2) is 9.97 Å². The monoisotopic (exact) mass is 263 g/mol. The van der Waals surface area contributed by atoms with Crippen LogP contribution in [0.4, 0.5) is 5.82 Å². The molecule has 1 aromatic heterocycles. The van der Waals surface area contributed by atoms with Gasteiger partial charge in [0.05, 0.1) is 6.10 Å². The van der Waals surface area contributed by atoms with E-state index < -0.39 is 0 Å². The molecule has 0 aliphatic heterocycles. The summed E-state index contributed by atoms with van der Waals surface area (Å²) in [6, 6.07) is 2.44. The van der Waals surface area contributed by atoms with Crippen LogP contribution in [0, 0.1) is 5.92 Å². The first-order valence-electron chi connectivity index (χ1n) is 7.42. The van der Waals surface area contributed by atoms with E-state index in [0.717, 1.165) is 11.7 Å². The van der Waals surface area contributed by atoms with Crippen LogP contribution >= 0.6 is 0 Å². The number of anilines is 1. The van der Waals surface area contributed by atoms with E-state index >= 15 is 0 Å². The summed E-state index contributed by atoms with van der Waals surface area (Å²) < 4.78 is 5.59. The summed E-state index contributed by atoms with van der Waals surface area (Å²) >= 11 is 0.